The summed E-state index contributed by atoms with van der Waals surface area (Å²) in [6, 6.07) is 20.4. The van der Waals surface area contributed by atoms with E-state index < -0.39 is 36.1 Å². The van der Waals surface area contributed by atoms with E-state index in [4.69, 9.17) is 22.4 Å². The fraction of sp³-hybridized carbons (Fsp3) is 0.525. The van der Waals surface area contributed by atoms with Gasteiger partial charge in [-0.05, 0) is 126 Å². The lowest BCUT2D eigenvalue weighted by atomic mass is 10.0. The van der Waals surface area contributed by atoms with E-state index in [9.17, 15) is 14.9 Å². The van der Waals surface area contributed by atoms with Crippen LogP contribution in [0.1, 0.15) is 82.0 Å². The molecule has 52 heavy (non-hydrogen) atoms. The van der Waals surface area contributed by atoms with Crippen molar-refractivity contribution < 1.29 is 32.2 Å². The molecule has 0 aliphatic carbocycles. The van der Waals surface area contributed by atoms with Gasteiger partial charge in [-0.3, -0.25) is 10.1 Å². The maximum Gasteiger partial charge on any atom is 0.343 e. The number of unbranched alkanes of at least 4 members (excludes halogenated alkanes) is 6. The smallest absolute Gasteiger partial charge is 0.343 e. The van der Waals surface area contributed by atoms with Gasteiger partial charge < -0.3 is 22.4 Å². The molecule has 0 fully saturated rings. The lowest BCUT2D eigenvalue weighted by Crippen LogP contribution is -2.51. The maximum atomic E-state index is 12.9. The number of nitro groups is 1. The second-order valence-electron chi connectivity index (χ2n) is 15.6. The van der Waals surface area contributed by atoms with E-state index in [-0.39, 0.29) is 23.3 Å². The first-order valence-corrected chi connectivity index (χ1v) is 28.2. The zero-order valence-corrected chi connectivity index (χ0v) is 35.9. The van der Waals surface area contributed by atoms with Gasteiger partial charge in [-0.2, -0.15) is 0 Å². The highest BCUT2D eigenvalue weighted by atomic mass is 28.5. The Morgan fingerprint density at radius 3 is 1.96 bits per heavy atom. The minimum Gasteiger partial charge on any atom is -0.494 e. The second-order valence-corrected chi connectivity index (χ2v) is 28.3. The zero-order chi connectivity index (χ0) is 38.4. The Morgan fingerprint density at radius 1 is 0.750 bits per heavy atom. The SMILES string of the molecule is CCCCCCC(C)Oc1ccc(OC(=O)c2ccc(-c3ccc(OCCCCCC[Si](C)(C)O[Si](C)(C)O[Si](C)(C)C)cc3)cc2)cc1[N+](=O)[O-]. The number of rotatable bonds is 23. The van der Waals surface area contributed by atoms with Gasteiger partial charge in [-0.15, -0.1) is 0 Å². The maximum absolute atomic E-state index is 12.9. The summed E-state index contributed by atoms with van der Waals surface area (Å²) >= 11 is 0. The van der Waals surface area contributed by atoms with Gasteiger partial charge in [-0.25, -0.2) is 4.79 Å². The summed E-state index contributed by atoms with van der Waals surface area (Å²) in [7, 11) is -5.45. The van der Waals surface area contributed by atoms with Crippen LogP contribution >= 0.6 is 0 Å². The van der Waals surface area contributed by atoms with Crippen LogP contribution in [0.3, 0.4) is 0 Å². The van der Waals surface area contributed by atoms with Crippen molar-refractivity contribution in [2.24, 2.45) is 0 Å². The Morgan fingerprint density at radius 2 is 1.35 bits per heavy atom. The molecule has 0 aliphatic rings. The van der Waals surface area contributed by atoms with Crippen molar-refractivity contribution in [1.82, 2.24) is 0 Å². The molecule has 286 valence electrons. The van der Waals surface area contributed by atoms with Crippen LogP contribution in [-0.2, 0) is 8.23 Å². The minimum absolute atomic E-state index is 0.0868. The van der Waals surface area contributed by atoms with E-state index >= 15 is 0 Å². The average Bonchev–Trinajstić information content (AvgIpc) is 3.05. The predicted octanol–water partition coefficient (Wildman–Crippen LogP) is 11.9. The number of nitrogens with zero attached hydrogens (tertiary/aromatic N) is 1. The normalized spacial score (nSPS) is 12.7. The fourth-order valence-electron chi connectivity index (χ4n) is 6.32. The molecule has 0 aromatic heterocycles. The molecule has 0 bridgehead atoms. The third-order valence-electron chi connectivity index (χ3n) is 8.45. The van der Waals surface area contributed by atoms with Gasteiger partial charge in [0.2, 0.25) is 0 Å². The van der Waals surface area contributed by atoms with E-state index in [1.807, 2.05) is 43.3 Å². The van der Waals surface area contributed by atoms with Crippen LogP contribution in [0, 0.1) is 10.1 Å². The van der Waals surface area contributed by atoms with Gasteiger partial charge in [0.05, 0.1) is 29.3 Å². The van der Waals surface area contributed by atoms with Crippen molar-refractivity contribution in [1.29, 1.82) is 0 Å². The minimum atomic E-state index is -2.09. The van der Waals surface area contributed by atoms with Gasteiger partial charge >= 0.3 is 20.2 Å². The highest BCUT2D eigenvalue weighted by Gasteiger charge is 2.37. The molecule has 0 aliphatic heterocycles. The third-order valence-corrected chi connectivity index (χ3v) is 18.6. The van der Waals surface area contributed by atoms with Gasteiger partial charge in [0.1, 0.15) is 11.5 Å². The Balaban J connectivity index is 1.43. The molecule has 1 atom stereocenters. The van der Waals surface area contributed by atoms with Crippen LogP contribution in [0.2, 0.25) is 51.9 Å². The molecule has 1 unspecified atom stereocenters. The topological polar surface area (TPSA) is 106 Å². The Kier molecular flexibility index (Phi) is 16.8. The number of benzene rings is 3. The number of ether oxygens (including phenoxy) is 3. The summed E-state index contributed by atoms with van der Waals surface area (Å²) in [5.41, 5.74) is 2.05. The van der Waals surface area contributed by atoms with E-state index in [0.717, 1.165) is 67.9 Å². The molecule has 0 amide bonds. The molecular weight excluding hydrogens is 707 g/mol. The number of hydrogen-bond donors (Lipinski definition) is 0. The average molecular weight is 768 g/mol. The van der Waals surface area contributed by atoms with Crippen LogP contribution in [0.4, 0.5) is 5.69 Å². The lowest BCUT2D eigenvalue weighted by Gasteiger charge is -2.37. The summed E-state index contributed by atoms with van der Waals surface area (Å²) in [6.45, 7) is 20.4. The van der Waals surface area contributed by atoms with Gasteiger partial charge in [0.15, 0.2) is 22.4 Å². The Hall–Kier alpha value is -3.30. The highest BCUT2D eigenvalue weighted by molar-refractivity contribution is 6.87. The van der Waals surface area contributed by atoms with Gasteiger partial charge in [0.25, 0.3) is 0 Å². The molecule has 0 N–H and O–H groups in total. The standard InChI is InChI=1S/C40H61NO8Si3/c1-10-11-12-15-18-32(2)46-39-28-27-37(31-38(39)41(43)44)47-40(42)35-21-19-33(20-22-35)34-23-25-36(26-24-34)45-29-16-13-14-17-30-51(6,7)49-52(8,9)48-50(3,4)5/h19-28,31-32H,10-18,29-30H2,1-9H3. The first kappa shape index (κ1) is 43.1. The van der Waals surface area contributed by atoms with Crippen molar-refractivity contribution in [2.45, 2.75) is 130 Å². The molecule has 0 saturated carbocycles. The second kappa shape index (κ2) is 20.2. The lowest BCUT2D eigenvalue weighted by molar-refractivity contribution is -0.386. The molecule has 0 saturated heterocycles. The van der Waals surface area contributed by atoms with E-state index in [1.165, 1.54) is 31.0 Å². The van der Waals surface area contributed by atoms with Crippen LogP contribution in [0.25, 0.3) is 11.1 Å². The molecule has 0 heterocycles. The fourth-order valence-corrected chi connectivity index (χ4v) is 19.6. The number of hydrogen-bond acceptors (Lipinski definition) is 8. The summed E-state index contributed by atoms with van der Waals surface area (Å²) in [4.78, 5) is 24.1. The van der Waals surface area contributed by atoms with Crippen molar-refractivity contribution in [3.63, 3.8) is 0 Å². The van der Waals surface area contributed by atoms with Crippen LogP contribution in [0.15, 0.2) is 66.7 Å². The third kappa shape index (κ3) is 15.7. The first-order chi connectivity index (χ1) is 24.5. The highest BCUT2D eigenvalue weighted by Crippen LogP contribution is 2.33. The molecule has 0 spiro atoms. The summed E-state index contributed by atoms with van der Waals surface area (Å²) < 4.78 is 30.4. The first-order valence-electron chi connectivity index (χ1n) is 18.9. The van der Waals surface area contributed by atoms with Crippen LogP contribution in [-0.4, -0.2) is 48.8 Å². The summed E-state index contributed by atoms with van der Waals surface area (Å²) in [5, 5.41) is 11.8. The van der Waals surface area contributed by atoms with Crippen molar-refractivity contribution in [3.8, 4) is 28.4 Å². The van der Waals surface area contributed by atoms with E-state index in [0.29, 0.717) is 12.2 Å². The number of carbonyl (C=O) groups excluding carboxylic acids is 1. The summed E-state index contributed by atoms with van der Waals surface area (Å²) in [6.07, 6.45) is 9.54. The quantitative estimate of drug-likeness (QED) is 0.0234. The van der Waals surface area contributed by atoms with Crippen LogP contribution in [0.5, 0.6) is 17.2 Å². The van der Waals surface area contributed by atoms with Gasteiger partial charge in [-0.1, -0.05) is 69.7 Å². The van der Waals surface area contributed by atoms with E-state index in [2.05, 4.69) is 52.8 Å². The predicted molar refractivity (Wildman–Crippen MR) is 218 cm³/mol. The molecule has 9 nitrogen and oxygen atoms in total. The molecule has 3 rings (SSSR count). The molecule has 0 radical (unpaired) electrons. The number of nitro benzene ring substituents is 1. The van der Waals surface area contributed by atoms with Crippen LogP contribution < -0.4 is 14.2 Å². The Labute approximate surface area is 315 Å². The molecule has 3 aromatic rings. The Bertz CT molecular complexity index is 1560. The summed E-state index contributed by atoms with van der Waals surface area (Å²) in [5.74, 6) is 0.483. The zero-order valence-electron chi connectivity index (χ0n) is 32.9. The van der Waals surface area contributed by atoms with Crippen molar-refractivity contribution in [2.75, 3.05) is 6.61 Å². The number of carbonyl (C=O) groups is 1. The number of esters is 1. The monoisotopic (exact) mass is 767 g/mol. The van der Waals surface area contributed by atoms with Crippen molar-refractivity contribution >= 4 is 36.9 Å². The largest absolute Gasteiger partial charge is 0.494 e. The van der Waals surface area contributed by atoms with Crippen molar-refractivity contribution in [3.05, 3.63) is 82.4 Å². The molecule has 3 aromatic carbocycles. The van der Waals surface area contributed by atoms with E-state index in [1.54, 1.807) is 12.1 Å². The molecular formula is C40H61NO8Si3. The molecule has 12 heteroatoms. The van der Waals surface area contributed by atoms with Gasteiger partial charge in [0, 0.05) is 0 Å².